The summed E-state index contributed by atoms with van der Waals surface area (Å²) in [6.07, 6.45) is 0. The Balaban J connectivity index is 1.78. The smallest absolute Gasteiger partial charge is 0.231 e. The molecule has 1 aliphatic rings. The minimum absolute atomic E-state index is 0.177. The number of hydrogen-bond donors (Lipinski definition) is 1. The largest absolute Gasteiger partial charge is 0.454 e. The molecule has 0 radical (unpaired) electrons. The molecule has 0 bridgehead atoms. The van der Waals surface area contributed by atoms with Gasteiger partial charge in [-0.15, -0.1) is 0 Å². The van der Waals surface area contributed by atoms with Gasteiger partial charge in [-0.1, -0.05) is 18.2 Å². The number of rotatable bonds is 2. The summed E-state index contributed by atoms with van der Waals surface area (Å²) in [6.45, 7) is 0.178. The maximum Gasteiger partial charge on any atom is 0.231 e. The molecule has 0 amide bonds. The number of anilines is 1. The number of ether oxygens (including phenoxy) is 2. The average molecular weight is 292 g/mol. The van der Waals surface area contributed by atoms with E-state index in [0.717, 1.165) is 5.39 Å². The third-order valence-electron chi connectivity index (χ3n) is 3.62. The molecule has 0 saturated carbocycles. The zero-order valence-corrected chi connectivity index (χ0v) is 11.6. The Kier molecular flexibility index (Phi) is 2.72. The van der Waals surface area contributed by atoms with Crippen molar-refractivity contribution in [2.24, 2.45) is 0 Å². The Labute approximate surface area is 126 Å². The number of nitrogens with zero attached hydrogens (tertiary/aromatic N) is 1. The Morgan fingerprint density at radius 2 is 1.91 bits per heavy atom. The van der Waals surface area contributed by atoms with Crippen molar-refractivity contribution in [3.05, 3.63) is 59.8 Å². The van der Waals surface area contributed by atoms with Crippen LogP contribution in [0, 0.1) is 0 Å². The van der Waals surface area contributed by atoms with Crippen molar-refractivity contribution in [2.45, 2.75) is 0 Å². The quantitative estimate of drug-likeness (QED) is 0.580. The van der Waals surface area contributed by atoms with E-state index in [4.69, 9.17) is 15.2 Å². The van der Waals surface area contributed by atoms with Crippen LogP contribution in [0.2, 0.25) is 0 Å². The van der Waals surface area contributed by atoms with Gasteiger partial charge in [-0.3, -0.25) is 4.79 Å². The van der Waals surface area contributed by atoms with Gasteiger partial charge >= 0.3 is 0 Å². The Bertz CT molecular complexity index is 906. The lowest BCUT2D eigenvalue weighted by molar-refractivity contribution is 0.103. The van der Waals surface area contributed by atoms with Crippen molar-refractivity contribution in [2.75, 3.05) is 12.5 Å². The van der Waals surface area contributed by atoms with Gasteiger partial charge in [0, 0.05) is 10.9 Å². The highest BCUT2D eigenvalue weighted by Crippen LogP contribution is 2.33. The highest BCUT2D eigenvalue weighted by Gasteiger charge is 2.18. The molecular formula is C17H12N2O3. The second-order valence-electron chi connectivity index (χ2n) is 5.01. The summed E-state index contributed by atoms with van der Waals surface area (Å²) in [5.74, 6) is 1.04. The zero-order chi connectivity index (χ0) is 15.1. The molecular weight excluding hydrogens is 280 g/mol. The van der Waals surface area contributed by atoms with Crippen LogP contribution in [-0.2, 0) is 0 Å². The van der Waals surface area contributed by atoms with E-state index in [1.807, 2.05) is 18.2 Å². The lowest BCUT2D eigenvalue weighted by atomic mass is 10.1. The lowest BCUT2D eigenvalue weighted by Gasteiger charge is -2.05. The van der Waals surface area contributed by atoms with E-state index in [1.165, 1.54) is 0 Å². The van der Waals surface area contributed by atoms with E-state index in [-0.39, 0.29) is 12.6 Å². The molecule has 0 aliphatic carbocycles. The number of nitrogen functional groups attached to an aromatic ring is 1. The maximum atomic E-state index is 12.6. The Morgan fingerprint density at radius 1 is 1.05 bits per heavy atom. The van der Waals surface area contributed by atoms with Crippen LogP contribution in [-0.4, -0.2) is 17.6 Å². The van der Waals surface area contributed by atoms with Gasteiger partial charge in [0.25, 0.3) is 0 Å². The predicted molar refractivity (Wildman–Crippen MR) is 82.2 cm³/mol. The van der Waals surface area contributed by atoms with E-state index in [2.05, 4.69) is 4.98 Å². The van der Waals surface area contributed by atoms with Crippen molar-refractivity contribution < 1.29 is 14.3 Å². The number of carbonyl (C=O) groups is 1. The molecule has 0 spiro atoms. The van der Waals surface area contributed by atoms with Crippen LogP contribution < -0.4 is 15.2 Å². The minimum Gasteiger partial charge on any atom is -0.454 e. The highest BCUT2D eigenvalue weighted by atomic mass is 16.7. The van der Waals surface area contributed by atoms with Crippen LogP contribution in [0.4, 0.5) is 5.69 Å². The number of carbonyl (C=O) groups excluding carboxylic acids is 1. The van der Waals surface area contributed by atoms with Gasteiger partial charge in [0.1, 0.15) is 5.69 Å². The first-order valence-corrected chi connectivity index (χ1v) is 6.82. The van der Waals surface area contributed by atoms with Crippen LogP contribution in [0.25, 0.3) is 10.9 Å². The van der Waals surface area contributed by atoms with Gasteiger partial charge < -0.3 is 15.2 Å². The molecule has 2 N–H and O–H groups in total. The summed E-state index contributed by atoms with van der Waals surface area (Å²) in [6, 6.07) is 14.2. The van der Waals surface area contributed by atoms with E-state index < -0.39 is 0 Å². The highest BCUT2D eigenvalue weighted by molar-refractivity contribution is 6.09. The van der Waals surface area contributed by atoms with E-state index in [9.17, 15) is 4.79 Å². The Hall–Kier alpha value is -3.08. The Morgan fingerprint density at radius 3 is 2.82 bits per heavy atom. The fraction of sp³-hybridized carbons (Fsp3) is 0.0588. The second kappa shape index (κ2) is 4.73. The molecule has 4 rings (SSSR count). The lowest BCUT2D eigenvalue weighted by Crippen LogP contribution is -2.04. The molecule has 0 saturated heterocycles. The molecule has 108 valence electrons. The molecule has 2 aromatic carbocycles. The first-order valence-electron chi connectivity index (χ1n) is 6.82. The first kappa shape index (κ1) is 12.6. The van der Waals surface area contributed by atoms with Gasteiger partial charge in [0.2, 0.25) is 12.6 Å². The summed E-state index contributed by atoms with van der Waals surface area (Å²) >= 11 is 0. The molecule has 0 fully saturated rings. The van der Waals surface area contributed by atoms with Crippen LogP contribution in [0.3, 0.4) is 0 Å². The third kappa shape index (κ3) is 1.95. The van der Waals surface area contributed by atoms with Crippen molar-refractivity contribution in [3.8, 4) is 11.5 Å². The summed E-state index contributed by atoms with van der Waals surface area (Å²) < 4.78 is 10.5. The molecule has 5 heteroatoms. The number of nitrogens with two attached hydrogens (primary N) is 1. The van der Waals surface area contributed by atoms with E-state index in [0.29, 0.717) is 34.0 Å². The van der Waals surface area contributed by atoms with Gasteiger partial charge in [-0.05, 0) is 30.3 Å². The molecule has 1 aliphatic heterocycles. The zero-order valence-electron chi connectivity index (χ0n) is 11.6. The number of hydrogen-bond acceptors (Lipinski definition) is 5. The van der Waals surface area contributed by atoms with Crippen molar-refractivity contribution in [3.63, 3.8) is 0 Å². The molecule has 5 nitrogen and oxygen atoms in total. The number of aromatic nitrogens is 1. The number of ketones is 1. The third-order valence-corrected chi connectivity index (χ3v) is 3.62. The number of pyridine rings is 1. The van der Waals surface area contributed by atoms with Gasteiger partial charge in [-0.2, -0.15) is 0 Å². The first-order chi connectivity index (χ1) is 10.7. The van der Waals surface area contributed by atoms with Gasteiger partial charge in [0.05, 0.1) is 11.2 Å². The molecule has 2 heterocycles. The van der Waals surface area contributed by atoms with Crippen molar-refractivity contribution in [1.29, 1.82) is 0 Å². The molecule has 3 aromatic rings. The maximum absolute atomic E-state index is 12.6. The predicted octanol–water partition coefficient (Wildman–Crippen LogP) is 2.78. The van der Waals surface area contributed by atoms with Crippen LogP contribution in [0.5, 0.6) is 11.5 Å². The van der Waals surface area contributed by atoms with E-state index >= 15 is 0 Å². The monoisotopic (exact) mass is 292 g/mol. The van der Waals surface area contributed by atoms with Crippen LogP contribution in [0.15, 0.2) is 48.5 Å². The van der Waals surface area contributed by atoms with Crippen molar-refractivity contribution >= 4 is 22.4 Å². The summed E-state index contributed by atoms with van der Waals surface area (Å²) in [7, 11) is 0. The fourth-order valence-electron chi connectivity index (χ4n) is 2.48. The average Bonchev–Trinajstić information content (AvgIpc) is 3.02. The number of fused-ring (bicyclic) bond motifs is 2. The van der Waals surface area contributed by atoms with Crippen molar-refractivity contribution in [1.82, 2.24) is 4.98 Å². The van der Waals surface area contributed by atoms with Gasteiger partial charge in [0.15, 0.2) is 11.5 Å². The van der Waals surface area contributed by atoms with Gasteiger partial charge in [-0.25, -0.2) is 4.98 Å². The summed E-state index contributed by atoms with van der Waals surface area (Å²) in [5, 5.41) is 0.905. The summed E-state index contributed by atoms with van der Waals surface area (Å²) in [5.41, 5.74) is 7.97. The van der Waals surface area contributed by atoms with E-state index in [1.54, 1.807) is 30.3 Å². The molecule has 0 atom stereocenters. The normalized spacial score (nSPS) is 12.5. The second-order valence-corrected chi connectivity index (χ2v) is 5.01. The molecule has 1 aromatic heterocycles. The number of benzene rings is 2. The summed E-state index contributed by atoms with van der Waals surface area (Å²) in [4.78, 5) is 17.0. The topological polar surface area (TPSA) is 74.4 Å². The molecule has 22 heavy (non-hydrogen) atoms. The fourth-order valence-corrected chi connectivity index (χ4v) is 2.48. The van der Waals surface area contributed by atoms with Crippen LogP contribution >= 0.6 is 0 Å². The van der Waals surface area contributed by atoms with Crippen LogP contribution in [0.1, 0.15) is 16.1 Å². The number of para-hydroxylation sites is 1. The SMILES string of the molecule is Nc1cccc2ccc(C(=O)c3ccc4c(c3)OCO4)nc12. The standard InChI is InChI=1S/C17H12N2O3/c18-12-3-1-2-10-4-6-13(19-16(10)12)17(20)11-5-7-14-15(8-11)22-9-21-14/h1-8H,9,18H2. The molecule has 0 unspecified atom stereocenters. The minimum atomic E-state index is -0.177.